The van der Waals surface area contributed by atoms with Crippen molar-refractivity contribution < 1.29 is 19.8 Å². The topological polar surface area (TPSA) is 104 Å². The molecule has 0 radical (unpaired) electrons. The van der Waals surface area contributed by atoms with Gasteiger partial charge < -0.3 is 15.9 Å². The zero-order chi connectivity index (χ0) is 14.3. The molecule has 1 saturated heterocycles. The van der Waals surface area contributed by atoms with Gasteiger partial charge in [-0.3, -0.25) is 9.69 Å². The molecule has 2 heterocycles. The fourth-order valence-electron chi connectivity index (χ4n) is 2.51. The molecule has 6 nitrogen and oxygen atoms in total. The van der Waals surface area contributed by atoms with Gasteiger partial charge in [0.05, 0.1) is 12.0 Å². The minimum Gasteiger partial charge on any atom is -0.477 e. The Hall–Kier alpha value is -1.05. The molecule has 4 N–H and O–H groups in total. The van der Waals surface area contributed by atoms with E-state index in [9.17, 15) is 19.8 Å². The van der Waals surface area contributed by atoms with E-state index < -0.39 is 18.0 Å². The molecular formula is C12H18N2O4S. The Balaban J connectivity index is 2.29. The van der Waals surface area contributed by atoms with Gasteiger partial charge in [0, 0.05) is 10.9 Å². The summed E-state index contributed by atoms with van der Waals surface area (Å²) in [5.74, 6) is -2.00. The van der Waals surface area contributed by atoms with Crippen LogP contribution in [-0.2, 0) is 9.59 Å². The second-order valence-corrected chi connectivity index (χ2v) is 6.05. The molecule has 4 atom stereocenters. The van der Waals surface area contributed by atoms with E-state index in [2.05, 4.69) is 0 Å². The van der Waals surface area contributed by atoms with E-state index in [0.29, 0.717) is 11.3 Å². The van der Waals surface area contributed by atoms with Crippen molar-refractivity contribution in [2.24, 2.45) is 11.7 Å². The van der Waals surface area contributed by atoms with Gasteiger partial charge in [-0.2, -0.15) is 0 Å². The summed E-state index contributed by atoms with van der Waals surface area (Å²) in [6.45, 7) is 3.52. The lowest BCUT2D eigenvalue weighted by atomic mass is 9.92. The zero-order valence-electron chi connectivity index (χ0n) is 10.9. The molecule has 1 fully saturated rings. The van der Waals surface area contributed by atoms with E-state index in [4.69, 9.17) is 5.73 Å². The summed E-state index contributed by atoms with van der Waals surface area (Å²) in [7, 11) is 0. The molecule has 0 aromatic carbocycles. The average molecular weight is 286 g/mol. The molecule has 0 spiro atoms. The predicted octanol–water partition coefficient (Wildman–Crippen LogP) is 0.322. The number of carboxylic acid groups (broad SMARTS) is 1. The van der Waals surface area contributed by atoms with E-state index in [1.165, 1.54) is 16.7 Å². The summed E-state index contributed by atoms with van der Waals surface area (Å²) >= 11 is 1.30. The van der Waals surface area contributed by atoms with E-state index >= 15 is 0 Å². The quantitative estimate of drug-likeness (QED) is 0.629. The number of aliphatic carboxylic acids is 1. The molecule has 0 aromatic rings. The van der Waals surface area contributed by atoms with Crippen LogP contribution < -0.4 is 5.73 Å². The van der Waals surface area contributed by atoms with Crippen LogP contribution in [0.15, 0.2) is 10.6 Å². The highest BCUT2D eigenvalue weighted by Crippen LogP contribution is 2.51. The first-order valence-corrected chi connectivity index (χ1v) is 7.19. The van der Waals surface area contributed by atoms with Crippen molar-refractivity contribution in [3.63, 3.8) is 0 Å². The van der Waals surface area contributed by atoms with Crippen LogP contribution in [-0.4, -0.2) is 44.5 Å². The Morgan fingerprint density at radius 2 is 2.21 bits per heavy atom. The van der Waals surface area contributed by atoms with Crippen molar-refractivity contribution in [3.8, 4) is 0 Å². The summed E-state index contributed by atoms with van der Waals surface area (Å²) < 4.78 is 0. The van der Waals surface area contributed by atoms with Gasteiger partial charge in [-0.05, 0) is 13.3 Å². The molecule has 106 valence electrons. The summed E-state index contributed by atoms with van der Waals surface area (Å²) in [4.78, 5) is 25.1. The largest absolute Gasteiger partial charge is 0.477 e. The van der Waals surface area contributed by atoms with E-state index in [1.807, 2.05) is 6.92 Å². The van der Waals surface area contributed by atoms with Crippen LogP contribution in [0.25, 0.3) is 0 Å². The standard InChI is InChI=1S/C12H18N2O4S/c1-3-4-6(13)9-8(12(17)18)14-10(16)7(5(2)15)11(14)19-9/h5-7,11,15H,3-4,13H2,1-2H3,(H,17,18)/t5-,6+,7+,11-/m1/s1. The van der Waals surface area contributed by atoms with Crippen LogP contribution in [0.3, 0.4) is 0 Å². The molecule has 0 aliphatic carbocycles. The number of fused-ring (bicyclic) bond motifs is 1. The molecule has 2 aliphatic rings. The van der Waals surface area contributed by atoms with Gasteiger partial charge in [-0.1, -0.05) is 25.1 Å². The van der Waals surface area contributed by atoms with E-state index in [-0.39, 0.29) is 23.0 Å². The Labute approximate surface area is 115 Å². The highest BCUT2D eigenvalue weighted by molar-refractivity contribution is 8.04. The third-order valence-corrected chi connectivity index (χ3v) is 4.96. The minimum atomic E-state index is -1.13. The molecule has 2 aliphatic heterocycles. The maximum Gasteiger partial charge on any atom is 0.353 e. The van der Waals surface area contributed by atoms with Crippen LogP contribution >= 0.6 is 11.8 Å². The van der Waals surface area contributed by atoms with Crippen molar-refractivity contribution in [1.82, 2.24) is 4.90 Å². The lowest BCUT2D eigenvalue weighted by Crippen LogP contribution is -2.60. The number of carbonyl (C=O) groups is 2. The second-order valence-electron chi connectivity index (χ2n) is 4.90. The number of β-lactam (4-membered cyclic amide) rings is 1. The molecule has 0 unspecified atom stereocenters. The van der Waals surface area contributed by atoms with Crippen molar-refractivity contribution in [2.75, 3.05) is 0 Å². The summed E-state index contributed by atoms with van der Waals surface area (Å²) in [6, 6.07) is -0.367. The molecule has 2 rings (SSSR count). The van der Waals surface area contributed by atoms with Gasteiger partial charge in [0.2, 0.25) is 5.91 Å². The first kappa shape index (κ1) is 14.4. The minimum absolute atomic E-state index is 0.00199. The predicted molar refractivity (Wildman–Crippen MR) is 70.9 cm³/mol. The first-order valence-electron chi connectivity index (χ1n) is 6.31. The molecular weight excluding hydrogens is 268 g/mol. The monoisotopic (exact) mass is 286 g/mol. The number of hydrogen-bond donors (Lipinski definition) is 3. The second kappa shape index (κ2) is 5.15. The smallest absolute Gasteiger partial charge is 0.353 e. The van der Waals surface area contributed by atoms with Gasteiger partial charge in [0.1, 0.15) is 11.1 Å². The molecule has 0 aromatic heterocycles. The highest BCUT2D eigenvalue weighted by atomic mass is 32.2. The Bertz CT molecular complexity index is 449. The van der Waals surface area contributed by atoms with Gasteiger partial charge in [-0.25, -0.2) is 4.79 Å². The van der Waals surface area contributed by atoms with Gasteiger partial charge in [-0.15, -0.1) is 0 Å². The third kappa shape index (κ3) is 2.15. The zero-order valence-corrected chi connectivity index (χ0v) is 11.7. The highest BCUT2D eigenvalue weighted by Gasteiger charge is 2.58. The van der Waals surface area contributed by atoms with Crippen molar-refractivity contribution in [2.45, 2.75) is 44.2 Å². The molecule has 7 heteroatoms. The Morgan fingerprint density at radius 3 is 2.68 bits per heavy atom. The summed E-state index contributed by atoms with van der Waals surface area (Å²) in [5.41, 5.74) is 5.99. The number of amides is 1. The Kier molecular flexibility index (Phi) is 3.89. The Morgan fingerprint density at radius 1 is 1.58 bits per heavy atom. The number of thioether (sulfide) groups is 1. The SMILES string of the molecule is CCC[C@H](N)C1=C(C(=O)O)N2C(=O)[C@H]([C@@H](C)O)[C@H]2S1. The van der Waals surface area contributed by atoms with Crippen LogP contribution in [0.1, 0.15) is 26.7 Å². The molecule has 1 amide bonds. The fourth-order valence-corrected chi connectivity index (χ4v) is 4.17. The first-order chi connectivity index (χ1) is 8.90. The van der Waals surface area contributed by atoms with E-state index in [0.717, 1.165) is 6.42 Å². The van der Waals surface area contributed by atoms with Gasteiger partial charge in [0.15, 0.2) is 0 Å². The summed E-state index contributed by atoms with van der Waals surface area (Å²) in [5, 5.41) is 18.5. The molecule has 0 saturated carbocycles. The van der Waals surface area contributed by atoms with Gasteiger partial charge in [0.25, 0.3) is 0 Å². The fraction of sp³-hybridized carbons (Fsp3) is 0.667. The molecule has 0 bridgehead atoms. The van der Waals surface area contributed by atoms with E-state index in [1.54, 1.807) is 6.92 Å². The lowest BCUT2D eigenvalue weighted by Gasteiger charge is -2.43. The normalized spacial score (nSPS) is 29.1. The van der Waals surface area contributed by atoms with Crippen molar-refractivity contribution in [1.29, 1.82) is 0 Å². The number of nitrogens with two attached hydrogens (primary N) is 1. The average Bonchev–Trinajstić information content (AvgIpc) is 2.64. The number of rotatable bonds is 5. The number of aliphatic hydroxyl groups excluding tert-OH is 1. The van der Waals surface area contributed by atoms with Crippen molar-refractivity contribution in [3.05, 3.63) is 10.6 Å². The maximum absolute atomic E-state index is 11.9. The lowest BCUT2D eigenvalue weighted by molar-refractivity contribution is -0.156. The number of carboxylic acids is 1. The number of hydrogen-bond acceptors (Lipinski definition) is 5. The maximum atomic E-state index is 11.9. The van der Waals surface area contributed by atoms with Crippen LogP contribution in [0.5, 0.6) is 0 Å². The summed E-state index contributed by atoms with van der Waals surface area (Å²) in [6.07, 6.45) is 0.738. The third-order valence-electron chi connectivity index (χ3n) is 3.47. The number of nitrogens with zero attached hydrogens (tertiary/aromatic N) is 1. The van der Waals surface area contributed by atoms with Crippen LogP contribution in [0.4, 0.5) is 0 Å². The van der Waals surface area contributed by atoms with Crippen LogP contribution in [0.2, 0.25) is 0 Å². The van der Waals surface area contributed by atoms with Crippen LogP contribution in [0, 0.1) is 5.92 Å². The van der Waals surface area contributed by atoms with Gasteiger partial charge >= 0.3 is 5.97 Å². The molecule has 19 heavy (non-hydrogen) atoms. The van der Waals surface area contributed by atoms with Crippen molar-refractivity contribution >= 4 is 23.6 Å². The number of carbonyl (C=O) groups excluding carboxylic acids is 1. The number of aliphatic hydroxyl groups is 1.